The summed E-state index contributed by atoms with van der Waals surface area (Å²) in [5.41, 5.74) is 0.0494. The smallest absolute Gasteiger partial charge is 0.407 e. The Kier molecular flexibility index (Phi) is 5.69. The van der Waals surface area contributed by atoms with Crippen LogP contribution in [0.4, 0.5) is 4.79 Å². The number of aromatic nitrogens is 1. The lowest BCUT2D eigenvalue weighted by atomic mass is 10.2. The van der Waals surface area contributed by atoms with Gasteiger partial charge in [-0.2, -0.15) is 0 Å². The summed E-state index contributed by atoms with van der Waals surface area (Å²) >= 11 is 1.02. The highest BCUT2D eigenvalue weighted by molar-refractivity contribution is 7.11. The lowest BCUT2D eigenvalue weighted by Crippen LogP contribution is -2.32. The van der Waals surface area contributed by atoms with Gasteiger partial charge in [-0.3, -0.25) is 0 Å². The standard InChI is InChI=1S/C13H18N2O4S/c1-13(2,3)19-12(18)14-7-5-4-6-9-8-20-10(15-9)11(16)17/h4,6,8H,5,7H2,1-3H3,(H,14,18)(H,16,17)/p-1. The van der Waals surface area contributed by atoms with Gasteiger partial charge in [-0.1, -0.05) is 6.08 Å². The molecule has 0 radical (unpaired) electrons. The van der Waals surface area contributed by atoms with E-state index in [-0.39, 0.29) is 5.01 Å². The van der Waals surface area contributed by atoms with Gasteiger partial charge in [0.2, 0.25) is 0 Å². The van der Waals surface area contributed by atoms with E-state index in [0.29, 0.717) is 18.7 Å². The molecular weight excluding hydrogens is 280 g/mol. The van der Waals surface area contributed by atoms with E-state index >= 15 is 0 Å². The molecule has 1 aromatic heterocycles. The van der Waals surface area contributed by atoms with Crippen LogP contribution in [0.3, 0.4) is 0 Å². The van der Waals surface area contributed by atoms with Gasteiger partial charge in [-0.05, 0) is 33.3 Å². The van der Waals surface area contributed by atoms with Gasteiger partial charge in [-0.25, -0.2) is 9.78 Å². The van der Waals surface area contributed by atoms with Crippen LogP contribution >= 0.6 is 11.3 Å². The summed E-state index contributed by atoms with van der Waals surface area (Å²) in [7, 11) is 0. The number of carbonyl (C=O) groups is 2. The Hall–Kier alpha value is -1.89. The zero-order chi connectivity index (χ0) is 15.2. The van der Waals surface area contributed by atoms with Gasteiger partial charge in [0.15, 0.2) is 0 Å². The molecule has 0 aliphatic heterocycles. The fraction of sp³-hybridized carbons (Fsp3) is 0.462. The first kappa shape index (κ1) is 16.2. The average Bonchev–Trinajstić information content (AvgIpc) is 2.75. The van der Waals surface area contributed by atoms with Crippen molar-refractivity contribution in [1.82, 2.24) is 10.3 Å². The quantitative estimate of drug-likeness (QED) is 0.830. The average molecular weight is 297 g/mol. The number of alkyl carbamates (subject to hydrolysis) is 1. The topological polar surface area (TPSA) is 91.3 Å². The number of carboxylic acid groups (broad SMARTS) is 1. The van der Waals surface area contributed by atoms with Crippen LogP contribution in [0.2, 0.25) is 0 Å². The van der Waals surface area contributed by atoms with Gasteiger partial charge < -0.3 is 20.0 Å². The summed E-state index contributed by atoms with van der Waals surface area (Å²) in [5.74, 6) is -1.28. The minimum atomic E-state index is -1.28. The Labute approximate surface area is 121 Å². The van der Waals surface area contributed by atoms with E-state index in [2.05, 4.69) is 10.3 Å². The third kappa shape index (κ3) is 6.33. The number of carboxylic acids is 1. The number of carbonyl (C=O) groups excluding carboxylic acids is 2. The Morgan fingerprint density at radius 1 is 1.50 bits per heavy atom. The molecule has 0 fully saturated rings. The molecule has 1 amide bonds. The number of nitrogens with one attached hydrogen (secondary N) is 1. The molecular formula is C13H17N2O4S-. The summed E-state index contributed by atoms with van der Waals surface area (Å²) in [4.78, 5) is 25.7. The summed E-state index contributed by atoms with van der Waals surface area (Å²) < 4.78 is 5.08. The molecule has 0 spiro atoms. The zero-order valence-electron chi connectivity index (χ0n) is 11.6. The number of hydrogen-bond acceptors (Lipinski definition) is 6. The van der Waals surface area contributed by atoms with Crippen LogP contribution in [0.1, 0.15) is 42.7 Å². The molecule has 1 N–H and O–H groups in total. The van der Waals surface area contributed by atoms with E-state index in [0.717, 1.165) is 11.3 Å². The lowest BCUT2D eigenvalue weighted by Gasteiger charge is -2.19. The number of ether oxygens (including phenoxy) is 1. The summed E-state index contributed by atoms with van der Waals surface area (Å²) in [5, 5.41) is 14.7. The molecule has 6 nitrogen and oxygen atoms in total. The summed E-state index contributed by atoms with van der Waals surface area (Å²) in [6.07, 6.45) is 3.63. The van der Waals surface area contributed by atoms with Crippen molar-refractivity contribution in [1.29, 1.82) is 0 Å². The number of aromatic carboxylic acids is 1. The maximum Gasteiger partial charge on any atom is 0.407 e. The zero-order valence-corrected chi connectivity index (χ0v) is 12.5. The second-order valence-corrected chi connectivity index (χ2v) is 5.84. The van der Waals surface area contributed by atoms with Crippen molar-refractivity contribution in [3.63, 3.8) is 0 Å². The first-order chi connectivity index (χ1) is 9.28. The normalized spacial score (nSPS) is 11.6. The van der Waals surface area contributed by atoms with Crippen molar-refractivity contribution < 1.29 is 19.4 Å². The maximum atomic E-state index is 11.3. The van der Waals surface area contributed by atoms with Gasteiger partial charge in [0.05, 0.1) is 5.69 Å². The minimum Gasteiger partial charge on any atom is -0.542 e. The number of thiazole rings is 1. The second-order valence-electron chi connectivity index (χ2n) is 4.98. The van der Waals surface area contributed by atoms with Crippen molar-refractivity contribution in [3.8, 4) is 0 Å². The highest BCUT2D eigenvalue weighted by Gasteiger charge is 2.15. The molecule has 20 heavy (non-hydrogen) atoms. The Bertz CT molecular complexity index is 503. The van der Waals surface area contributed by atoms with Crippen molar-refractivity contribution in [3.05, 3.63) is 22.2 Å². The predicted molar refractivity (Wildman–Crippen MR) is 74.3 cm³/mol. The van der Waals surface area contributed by atoms with Crippen molar-refractivity contribution >= 4 is 29.5 Å². The summed E-state index contributed by atoms with van der Waals surface area (Å²) in [6.45, 7) is 5.82. The van der Waals surface area contributed by atoms with Gasteiger partial charge in [-0.15, -0.1) is 11.3 Å². The van der Waals surface area contributed by atoms with Crippen LogP contribution in [0.15, 0.2) is 11.5 Å². The fourth-order valence-electron chi connectivity index (χ4n) is 1.23. The molecule has 0 bridgehead atoms. The molecule has 1 aromatic rings. The van der Waals surface area contributed by atoms with Crippen LogP contribution in [0, 0.1) is 0 Å². The van der Waals surface area contributed by atoms with Crippen LogP contribution in [0.25, 0.3) is 6.08 Å². The molecule has 0 aliphatic rings. The van der Waals surface area contributed by atoms with E-state index in [1.54, 1.807) is 38.3 Å². The molecule has 1 rings (SSSR count). The van der Waals surface area contributed by atoms with Crippen molar-refractivity contribution in [2.45, 2.75) is 32.8 Å². The maximum absolute atomic E-state index is 11.3. The van der Waals surface area contributed by atoms with Gasteiger partial charge in [0.1, 0.15) is 16.6 Å². The van der Waals surface area contributed by atoms with E-state index in [1.165, 1.54) is 0 Å². The molecule has 0 unspecified atom stereocenters. The molecule has 0 aromatic carbocycles. The van der Waals surface area contributed by atoms with E-state index < -0.39 is 17.7 Å². The Morgan fingerprint density at radius 3 is 2.75 bits per heavy atom. The fourth-order valence-corrected chi connectivity index (χ4v) is 1.85. The third-order valence-electron chi connectivity index (χ3n) is 1.96. The number of amides is 1. The highest BCUT2D eigenvalue weighted by atomic mass is 32.1. The molecule has 0 aliphatic carbocycles. The number of rotatable bonds is 5. The highest BCUT2D eigenvalue weighted by Crippen LogP contribution is 2.10. The van der Waals surface area contributed by atoms with E-state index in [1.807, 2.05) is 0 Å². The molecule has 7 heteroatoms. The van der Waals surface area contributed by atoms with Gasteiger partial charge in [0.25, 0.3) is 0 Å². The Morgan fingerprint density at radius 2 is 2.20 bits per heavy atom. The van der Waals surface area contributed by atoms with Crippen LogP contribution < -0.4 is 10.4 Å². The van der Waals surface area contributed by atoms with Crippen molar-refractivity contribution in [2.75, 3.05) is 6.54 Å². The monoisotopic (exact) mass is 297 g/mol. The molecule has 110 valence electrons. The van der Waals surface area contributed by atoms with Gasteiger partial charge >= 0.3 is 6.09 Å². The second kappa shape index (κ2) is 7.04. The molecule has 1 heterocycles. The minimum absolute atomic E-state index is 0.0449. The SMILES string of the molecule is CC(C)(C)OC(=O)NCCC=Cc1csc(C(=O)[O-])n1. The predicted octanol–water partition coefficient (Wildman–Crippen LogP) is 1.43. The molecule has 0 saturated heterocycles. The van der Waals surface area contributed by atoms with E-state index in [9.17, 15) is 14.7 Å². The summed E-state index contributed by atoms with van der Waals surface area (Å²) in [6, 6.07) is 0. The Balaban J connectivity index is 2.28. The lowest BCUT2D eigenvalue weighted by molar-refractivity contribution is -0.255. The van der Waals surface area contributed by atoms with Crippen molar-refractivity contribution in [2.24, 2.45) is 0 Å². The number of hydrogen-bond donors (Lipinski definition) is 1. The largest absolute Gasteiger partial charge is 0.542 e. The third-order valence-corrected chi connectivity index (χ3v) is 2.80. The first-order valence-corrected chi connectivity index (χ1v) is 6.96. The first-order valence-electron chi connectivity index (χ1n) is 6.08. The molecule has 0 atom stereocenters. The van der Waals surface area contributed by atoms with E-state index in [4.69, 9.17) is 4.74 Å². The van der Waals surface area contributed by atoms with Crippen LogP contribution in [0.5, 0.6) is 0 Å². The van der Waals surface area contributed by atoms with Gasteiger partial charge in [0, 0.05) is 11.9 Å². The number of nitrogens with zero attached hydrogens (tertiary/aromatic N) is 1. The molecule has 0 saturated carbocycles. The van der Waals surface area contributed by atoms with Crippen LogP contribution in [-0.4, -0.2) is 29.2 Å². The van der Waals surface area contributed by atoms with Crippen LogP contribution in [-0.2, 0) is 4.74 Å².